The normalized spacial score (nSPS) is 10.0. The molecule has 0 atom stereocenters. The van der Waals surface area contributed by atoms with Crippen molar-refractivity contribution < 1.29 is 19.1 Å². The average Bonchev–Trinajstić information content (AvgIpc) is 2.49. The highest BCUT2D eigenvalue weighted by atomic mass is 79.9. The fraction of sp³-hybridized carbons (Fsp3) is 0. The van der Waals surface area contributed by atoms with E-state index in [1.54, 1.807) is 6.07 Å². The number of rotatable bonds is 3. The molecule has 2 aromatic rings. The Hall–Kier alpha value is -2.32. The molecule has 0 aromatic heterocycles. The Balaban J connectivity index is 2.07. The van der Waals surface area contributed by atoms with Crippen molar-refractivity contribution in [3.8, 4) is 0 Å². The standard InChI is InChI=1S/C15H10BrFN2O3S/c16-11-6-3-9(14(21)22)7-12(11)18-15(23)19-13(20)8-1-4-10(17)5-2-8/h1-7H,(H,21,22)(H2,18,19,20,23). The average molecular weight is 397 g/mol. The highest BCUT2D eigenvalue weighted by Gasteiger charge is 2.11. The van der Waals surface area contributed by atoms with Gasteiger partial charge in [-0.15, -0.1) is 0 Å². The maximum Gasteiger partial charge on any atom is 0.335 e. The number of hydrogen-bond donors (Lipinski definition) is 3. The minimum atomic E-state index is -1.08. The molecule has 0 heterocycles. The zero-order valence-electron chi connectivity index (χ0n) is 11.5. The minimum Gasteiger partial charge on any atom is -0.478 e. The zero-order valence-corrected chi connectivity index (χ0v) is 13.9. The fourth-order valence-electron chi connectivity index (χ4n) is 1.68. The summed E-state index contributed by atoms with van der Waals surface area (Å²) in [5, 5.41) is 14.1. The molecule has 1 amide bonds. The maximum absolute atomic E-state index is 12.8. The first-order chi connectivity index (χ1) is 10.9. The summed E-state index contributed by atoms with van der Waals surface area (Å²) in [5.41, 5.74) is 0.714. The molecule has 0 bridgehead atoms. The van der Waals surface area contributed by atoms with Gasteiger partial charge in [-0.2, -0.15) is 0 Å². The van der Waals surface area contributed by atoms with E-state index in [-0.39, 0.29) is 16.2 Å². The summed E-state index contributed by atoms with van der Waals surface area (Å²) < 4.78 is 13.4. The lowest BCUT2D eigenvalue weighted by Crippen LogP contribution is -2.34. The van der Waals surface area contributed by atoms with Gasteiger partial charge < -0.3 is 10.4 Å². The van der Waals surface area contributed by atoms with Crippen LogP contribution in [0.2, 0.25) is 0 Å². The molecule has 0 radical (unpaired) electrons. The van der Waals surface area contributed by atoms with Crippen molar-refractivity contribution in [3.63, 3.8) is 0 Å². The van der Waals surface area contributed by atoms with E-state index >= 15 is 0 Å². The summed E-state index contributed by atoms with van der Waals surface area (Å²) in [7, 11) is 0. The lowest BCUT2D eigenvalue weighted by molar-refractivity contribution is 0.0696. The van der Waals surface area contributed by atoms with E-state index in [2.05, 4.69) is 26.6 Å². The molecular formula is C15H10BrFN2O3S. The molecule has 3 N–H and O–H groups in total. The Morgan fingerprint density at radius 3 is 2.30 bits per heavy atom. The summed E-state index contributed by atoms with van der Waals surface area (Å²) in [4.78, 5) is 22.9. The number of aromatic carboxylic acids is 1. The first-order valence-corrected chi connectivity index (χ1v) is 7.47. The zero-order chi connectivity index (χ0) is 17.0. The second-order valence-corrected chi connectivity index (χ2v) is 5.68. The molecule has 0 fully saturated rings. The molecule has 0 saturated heterocycles. The number of hydrogen-bond acceptors (Lipinski definition) is 3. The predicted octanol–water partition coefficient (Wildman–Crippen LogP) is 3.41. The molecular weight excluding hydrogens is 387 g/mol. The molecule has 118 valence electrons. The van der Waals surface area contributed by atoms with Crippen LogP contribution in [-0.4, -0.2) is 22.1 Å². The maximum atomic E-state index is 12.8. The topological polar surface area (TPSA) is 78.4 Å². The number of benzene rings is 2. The highest BCUT2D eigenvalue weighted by molar-refractivity contribution is 9.10. The number of carboxylic acid groups (broad SMARTS) is 1. The van der Waals surface area contributed by atoms with Gasteiger partial charge in [0.05, 0.1) is 11.3 Å². The number of thiocarbonyl (C=S) groups is 1. The molecule has 8 heteroatoms. The van der Waals surface area contributed by atoms with Crippen LogP contribution in [0.1, 0.15) is 20.7 Å². The van der Waals surface area contributed by atoms with E-state index in [9.17, 15) is 14.0 Å². The molecule has 2 aromatic carbocycles. The van der Waals surface area contributed by atoms with Crippen LogP contribution in [0.4, 0.5) is 10.1 Å². The molecule has 0 unspecified atom stereocenters. The van der Waals surface area contributed by atoms with Crippen LogP contribution in [0.5, 0.6) is 0 Å². The summed E-state index contributed by atoms with van der Waals surface area (Å²) >= 11 is 8.28. The second-order valence-electron chi connectivity index (χ2n) is 4.41. The number of anilines is 1. The van der Waals surface area contributed by atoms with E-state index in [4.69, 9.17) is 17.3 Å². The second kappa shape index (κ2) is 7.30. The van der Waals surface area contributed by atoms with Gasteiger partial charge in [-0.05, 0) is 70.6 Å². The summed E-state index contributed by atoms with van der Waals surface area (Å²) in [6, 6.07) is 9.34. The van der Waals surface area contributed by atoms with Crippen molar-refractivity contribution >= 4 is 50.8 Å². The smallest absolute Gasteiger partial charge is 0.335 e. The van der Waals surface area contributed by atoms with Gasteiger partial charge in [0.2, 0.25) is 0 Å². The first-order valence-electron chi connectivity index (χ1n) is 6.27. The molecule has 0 aliphatic rings. The van der Waals surface area contributed by atoms with Crippen molar-refractivity contribution in [2.45, 2.75) is 0 Å². The van der Waals surface area contributed by atoms with E-state index in [1.165, 1.54) is 24.3 Å². The van der Waals surface area contributed by atoms with Gasteiger partial charge in [-0.1, -0.05) is 0 Å². The number of carbonyl (C=O) groups excluding carboxylic acids is 1. The quantitative estimate of drug-likeness (QED) is 0.692. The molecule has 5 nitrogen and oxygen atoms in total. The summed E-state index contributed by atoms with van der Waals surface area (Å²) in [5.74, 6) is -2.04. The van der Waals surface area contributed by atoms with E-state index in [1.807, 2.05) is 0 Å². The lowest BCUT2D eigenvalue weighted by Gasteiger charge is -2.11. The van der Waals surface area contributed by atoms with Crippen LogP contribution >= 0.6 is 28.1 Å². The van der Waals surface area contributed by atoms with Crippen molar-refractivity contribution in [3.05, 3.63) is 63.9 Å². The van der Waals surface area contributed by atoms with Crippen molar-refractivity contribution in [2.24, 2.45) is 0 Å². The molecule has 2 rings (SSSR count). The number of carbonyl (C=O) groups is 2. The van der Waals surface area contributed by atoms with E-state index < -0.39 is 17.7 Å². The van der Waals surface area contributed by atoms with Crippen molar-refractivity contribution in [1.29, 1.82) is 0 Å². The van der Waals surface area contributed by atoms with E-state index in [0.29, 0.717) is 10.2 Å². The number of halogens is 2. The molecule has 0 aliphatic carbocycles. The van der Waals surface area contributed by atoms with Crippen LogP contribution in [-0.2, 0) is 0 Å². The highest BCUT2D eigenvalue weighted by Crippen LogP contribution is 2.23. The van der Waals surface area contributed by atoms with Gasteiger partial charge in [-0.25, -0.2) is 9.18 Å². The van der Waals surface area contributed by atoms with Gasteiger partial charge >= 0.3 is 5.97 Å². The Morgan fingerprint density at radius 1 is 1.09 bits per heavy atom. The van der Waals surface area contributed by atoms with Gasteiger partial charge in [0.1, 0.15) is 5.82 Å². The molecule has 0 aliphatic heterocycles. The summed E-state index contributed by atoms with van der Waals surface area (Å²) in [6.45, 7) is 0. The third-order valence-electron chi connectivity index (χ3n) is 2.79. The third-order valence-corrected chi connectivity index (χ3v) is 3.69. The van der Waals surface area contributed by atoms with Gasteiger partial charge in [0.25, 0.3) is 5.91 Å². The minimum absolute atomic E-state index is 0.0115. The van der Waals surface area contributed by atoms with Gasteiger partial charge in [0, 0.05) is 10.0 Å². The Morgan fingerprint density at radius 2 is 1.70 bits per heavy atom. The first kappa shape index (κ1) is 17.0. The predicted molar refractivity (Wildman–Crippen MR) is 91.2 cm³/mol. The van der Waals surface area contributed by atoms with Gasteiger partial charge in [0.15, 0.2) is 5.11 Å². The number of carboxylic acids is 1. The molecule has 0 spiro atoms. The van der Waals surface area contributed by atoms with E-state index in [0.717, 1.165) is 12.1 Å². The Bertz CT molecular complexity index is 781. The largest absolute Gasteiger partial charge is 0.478 e. The van der Waals surface area contributed by atoms with Gasteiger partial charge in [-0.3, -0.25) is 10.1 Å². The number of amides is 1. The van der Waals surface area contributed by atoms with Crippen LogP contribution in [0.25, 0.3) is 0 Å². The van der Waals surface area contributed by atoms with Crippen LogP contribution in [0, 0.1) is 5.82 Å². The monoisotopic (exact) mass is 396 g/mol. The van der Waals surface area contributed by atoms with Crippen molar-refractivity contribution in [1.82, 2.24) is 5.32 Å². The third kappa shape index (κ3) is 4.57. The number of nitrogens with one attached hydrogen (secondary N) is 2. The molecule has 0 saturated carbocycles. The Labute approximate surface area is 144 Å². The van der Waals surface area contributed by atoms with Crippen LogP contribution in [0.3, 0.4) is 0 Å². The SMILES string of the molecule is O=C(O)c1ccc(Br)c(NC(=S)NC(=O)c2ccc(F)cc2)c1. The Kier molecular flexibility index (Phi) is 5.41. The van der Waals surface area contributed by atoms with Crippen molar-refractivity contribution in [2.75, 3.05) is 5.32 Å². The fourth-order valence-corrected chi connectivity index (χ4v) is 2.23. The van der Waals surface area contributed by atoms with Crippen LogP contribution in [0.15, 0.2) is 46.9 Å². The van der Waals surface area contributed by atoms with Crippen LogP contribution < -0.4 is 10.6 Å². The molecule has 23 heavy (non-hydrogen) atoms. The summed E-state index contributed by atoms with van der Waals surface area (Å²) in [6.07, 6.45) is 0. The lowest BCUT2D eigenvalue weighted by atomic mass is 10.2.